The zero-order valence-electron chi connectivity index (χ0n) is 9.41. The SMILES string of the molecule is CCC(Oc1ccc(C)c(C)c1)C(N)=S. The fraction of sp³-hybridized carbons (Fsp3) is 0.417. The number of nitrogens with two attached hydrogens (primary N) is 1. The lowest BCUT2D eigenvalue weighted by molar-refractivity contribution is 0.264. The largest absolute Gasteiger partial charge is 0.483 e. The van der Waals surface area contributed by atoms with Crippen molar-refractivity contribution >= 4 is 17.2 Å². The first-order valence-corrected chi connectivity index (χ1v) is 5.48. The second-order valence-corrected chi connectivity index (χ2v) is 4.13. The molecular formula is C12H17NOS. The molecule has 1 atom stereocenters. The maximum Gasteiger partial charge on any atom is 0.148 e. The van der Waals surface area contributed by atoms with E-state index in [2.05, 4.69) is 13.8 Å². The summed E-state index contributed by atoms with van der Waals surface area (Å²) >= 11 is 4.93. The number of thiocarbonyl (C=S) groups is 1. The fourth-order valence-corrected chi connectivity index (χ4v) is 1.51. The quantitative estimate of drug-likeness (QED) is 0.797. The summed E-state index contributed by atoms with van der Waals surface area (Å²) < 4.78 is 5.69. The van der Waals surface area contributed by atoms with Gasteiger partial charge < -0.3 is 10.5 Å². The molecule has 82 valence electrons. The Morgan fingerprint density at radius 3 is 2.53 bits per heavy atom. The number of hydrogen-bond acceptors (Lipinski definition) is 2. The molecule has 0 saturated heterocycles. The van der Waals surface area contributed by atoms with Crippen LogP contribution in [-0.4, -0.2) is 11.1 Å². The molecule has 0 aliphatic rings. The predicted molar refractivity (Wildman–Crippen MR) is 67.4 cm³/mol. The van der Waals surface area contributed by atoms with E-state index in [1.807, 2.05) is 25.1 Å². The summed E-state index contributed by atoms with van der Waals surface area (Å²) in [5.74, 6) is 0.831. The minimum absolute atomic E-state index is 0.165. The Bertz CT molecular complexity index is 363. The Balaban J connectivity index is 2.80. The van der Waals surface area contributed by atoms with Crippen LogP contribution in [-0.2, 0) is 0 Å². The minimum atomic E-state index is -0.165. The maximum atomic E-state index is 5.69. The van der Waals surface area contributed by atoms with E-state index < -0.39 is 0 Å². The number of hydrogen-bond donors (Lipinski definition) is 1. The van der Waals surface area contributed by atoms with Gasteiger partial charge in [0, 0.05) is 0 Å². The summed E-state index contributed by atoms with van der Waals surface area (Å²) in [6.07, 6.45) is 0.629. The van der Waals surface area contributed by atoms with E-state index in [0.717, 1.165) is 12.2 Å². The monoisotopic (exact) mass is 223 g/mol. The van der Waals surface area contributed by atoms with Crippen molar-refractivity contribution in [3.8, 4) is 5.75 Å². The van der Waals surface area contributed by atoms with E-state index in [0.29, 0.717) is 4.99 Å². The molecule has 0 aliphatic heterocycles. The number of benzene rings is 1. The summed E-state index contributed by atoms with van der Waals surface area (Å²) in [6, 6.07) is 6.00. The van der Waals surface area contributed by atoms with Crippen LogP contribution in [0, 0.1) is 13.8 Å². The average Bonchev–Trinajstić information content (AvgIpc) is 2.19. The summed E-state index contributed by atoms with van der Waals surface area (Å²) in [6.45, 7) is 6.14. The van der Waals surface area contributed by atoms with Gasteiger partial charge >= 0.3 is 0 Å². The average molecular weight is 223 g/mol. The summed E-state index contributed by atoms with van der Waals surface area (Å²) in [5, 5.41) is 0. The summed E-state index contributed by atoms with van der Waals surface area (Å²) in [7, 11) is 0. The smallest absolute Gasteiger partial charge is 0.148 e. The highest BCUT2D eigenvalue weighted by molar-refractivity contribution is 7.80. The molecule has 0 aliphatic carbocycles. The van der Waals surface area contributed by atoms with Gasteiger partial charge in [-0.2, -0.15) is 0 Å². The highest BCUT2D eigenvalue weighted by Gasteiger charge is 2.11. The van der Waals surface area contributed by atoms with E-state index >= 15 is 0 Å². The molecule has 3 heteroatoms. The molecule has 0 aromatic heterocycles. The molecule has 0 bridgehead atoms. The van der Waals surface area contributed by atoms with Crippen LogP contribution in [0.5, 0.6) is 5.75 Å². The molecule has 0 heterocycles. The van der Waals surface area contributed by atoms with Crippen molar-refractivity contribution in [3.63, 3.8) is 0 Å². The van der Waals surface area contributed by atoms with Gasteiger partial charge in [-0.15, -0.1) is 0 Å². The lowest BCUT2D eigenvalue weighted by Crippen LogP contribution is -2.31. The molecule has 2 nitrogen and oxygen atoms in total. The van der Waals surface area contributed by atoms with Crippen LogP contribution in [0.2, 0.25) is 0 Å². The molecular weight excluding hydrogens is 206 g/mol. The highest BCUT2D eigenvalue weighted by Crippen LogP contribution is 2.18. The van der Waals surface area contributed by atoms with Crippen LogP contribution in [0.15, 0.2) is 18.2 Å². The molecule has 0 amide bonds. The third kappa shape index (κ3) is 3.20. The molecule has 1 rings (SSSR count). The molecule has 1 aromatic carbocycles. The van der Waals surface area contributed by atoms with Crippen LogP contribution in [0.1, 0.15) is 24.5 Å². The van der Waals surface area contributed by atoms with Gasteiger partial charge in [-0.1, -0.05) is 25.2 Å². The standard InChI is InChI=1S/C12H17NOS/c1-4-11(12(13)15)14-10-6-5-8(2)9(3)7-10/h5-7,11H,4H2,1-3H3,(H2,13,15). The van der Waals surface area contributed by atoms with Gasteiger partial charge in [0.1, 0.15) is 16.8 Å². The van der Waals surface area contributed by atoms with Crippen LogP contribution in [0.4, 0.5) is 0 Å². The molecule has 1 unspecified atom stereocenters. The van der Waals surface area contributed by atoms with Crippen molar-refractivity contribution in [1.29, 1.82) is 0 Å². The van der Waals surface area contributed by atoms with E-state index in [9.17, 15) is 0 Å². The van der Waals surface area contributed by atoms with Gasteiger partial charge in [0.2, 0.25) is 0 Å². The summed E-state index contributed by atoms with van der Waals surface area (Å²) in [5.41, 5.74) is 8.04. The highest BCUT2D eigenvalue weighted by atomic mass is 32.1. The zero-order chi connectivity index (χ0) is 11.4. The van der Waals surface area contributed by atoms with E-state index in [4.69, 9.17) is 22.7 Å². The maximum absolute atomic E-state index is 5.69. The Morgan fingerprint density at radius 1 is 1.40 bits per heavy atom. The topological polar surface area (TPSA) is 35.2 Å². The minimum Gasteiger partial charge on any atom is -0.483 e. The van der Waals surface area contributed by atoms with Crippen LogP contribution < -0.4 is 10.5 Å². The predicted octanol–water partition coefficient (Wildman–Crippen LogP) is 2.75. The van der Waals surface area contributed by atoms with Crippen LogP contribution in [0.25, 0.3) is 0 Å². The second-order valence-electron chi connectivity index (χ2n) is 3.66. The Labute approximate surface area is 96.4 Å². The van der Waals surface area contributed by atoms with E-state index in [1.165, 1.54) is 11.1 Å². The third-order valence-corrected chi connectivity index (χ3v) is 2.71. The first-order valence-electron chi connectivity index (χ1n) is 5.07. The third-order valence-electron chi connectivity index (χ3n) is 2.44. The normalized spacial score (nSPS) is 12.2. The second kappa shape index (κ2) is 5.12. The number of rotatable bonds is 4. The van der Waals surface area contributed by atoms with Crippen molar-refractivity contribution in [3.05, 3.63) is 29.3 Å². The van der Waals surface area contributed by atoms with Crippen LogP contribution >= 0.6 is 12.2 Å². The van der Waals surface area contributed by atoms with Crippen molar-refractivity contribution in [2.45, 2.75) is 33.3 Å². The lowest BCUT2D eigenvalue weighted by atomic mass is 10.1. The van der Waals surface area contributed by atoms with Crippen LogP contribution in [0.3, 0.4) is 0 Å². The number of ether oxygens (including phenoxy) is 1. The zero-order valence-corrected chi connectivity index (χ0v) is 10.2. The van der Waals surface area contributed by atoms with Gasteiger partial charge in [0.15, 0.2) is 0 Å². The molecule has 0 radical (unpaired) electrons. The van der Waals surface area contributed by atoms with Crippen molar-refractivity contribution in [2.24, 2.45) is 5.73 Å². The molecule has 0 saturated carbocycles. The van der Waals surface area contributed by atoms with Gasteiger partial charge in [0.05, 0.1) is 0 Å². The molecule has 0 spiro atoms. The van der Waals surface area contributed by atoms with E-state index in [-0.39, 0.29) is 6.10 Å². The molecule has 0 fully saturated rings. The van der Waals surface area contributed by atoms with E-state index in [1.54, 1.807) is 0 Å². The first-order chi connectivity index (χ1) is 7.04. The molecule has 2 N–H and O–H groups in total. The first kappa shape index (κ1) is 12.0. The lowest BCUT2D eigenvalue weighted by Gasteiger charge is -2.16. The van der Waals surface area contributed by atoms with Gasteiger partial charge in [-0.05, 0) is 43.5 Å². The molecule has 1 aromatic rings. The van der Waals surface area contributed by atoms with Gasteiger partial charge in [-0.3, -0.25) is 0 Å². The Hall–Kier alpha value is -1.09. The number of aryl methyl sites for hydroxylation is 2. The Morgan fingerprint density at radius 2 is 2.07 bits per heavy atom. The summed E-state index contributed by atoms with van der Waals surface area (Å²) in [4.78, 5) is 0.413. The van der Waals surface area contributed by atoms with Gasteiger partial charge in [0.25, 0.3) is 0 Å². The van der Waals surface area contributed by atoms with Crippen molar-refractivity contribution in [1.82, 2.24) is 0 Å². The van der Waals surface area contributed by atoms with Crippen molar-refractivity contribution in [2.75, 3.05) is 0 Å². The fourth-order valence-electron chi connectivity index (χ4n) is 1.29. The Kier molecular flexibility index (Phi) is 4.09. The molecule has 15 heavy (non-hydrogen) atoms. The van der Waals surface area contributed by atoms with Gasteiger partial charge in [-0.25, -0.2) is 0 Å². The van der Waals surface area contributed by atoms with Crippen molar-refractivity contribution < 1.29 is 4.74 Å².